The largest absolute Gasteiger partial charge is 0.351 e. The molecule has 0 atom stereocenters. The van der Waals surface area contributed by atoms with E-state index >= 15 is 0 Å². The van der Waals surface area contributed by atoms with E-state index in [2.05, 4.69) is 39.2 Å². The Morgan fingerprint density at radius 2 is 1.92 bits per heavy atom. The zero-order valence-corrected chi connectivity index (χ0v) is 14.1. The van der Waals surface area contributed by atoms with Gasteiger partial charge in [0, 0.05) is 19.1 Å². The molecule has 1 N–H and O–H groups in total. The molecule has 0 aliphatic heterocycles. The fourth-order valence-electron chi connectivity index (χ4n) is 3.09. The van der Waals surface area contributed by atoms with E-state index < -0.39 is 0 Å². The third kappa shape index (κ3) is 4.10. The minimum atomic E-state index is -0.118. The molecule has 1 aliphatic rings. The summed E-state index contributed by atoms with van der Waals surface area (Å²) in [6, 6.07) is 10.6. The Labute approximate surface area is 143 Å². The van der Waals surface area contributed by atoms with Gasteiger partial charge in [0.15, 0.2) is 0 Å². The van der Waals surface area contributed by atoms with Crippen LogP contribution in [0.1, 0.15) is 48.7 Å². The Morgan fingerprint density at radius 3 is 2.54 bits per heavy atom. The van der Waals surface area contributed by atoms with Crippen LogP contribution in [-0.2, 0) is 6.54 Å². The predicted molar refractivity (Wildman–Crippen MR) is 94.9 cm³/mol. The third-order valence-electron chi connectivity index (χ3n) is 4.48. The summed E-state index contributed by atoms with van der Waals surface area (Å²) in [6.45, 7) is 3.70. The van der Waals surface area contributed by atoms with Gasteiger partial charge in [0.1, 0.15) is 11.5 Å². The van der Waals surface area contributed by atoms with Gasteiger partial charge in [0.05, 0.1) is 12.4 Å². The number of nitrogens with one attached hydrogen (secondary N) is 1. The number of nitrogens with zero attached hydrogens (tertiary/aromatic N) is 3. The van der Waals surface area contributed by atoms with E-state index in [0.29, 0.717) is 11.7 Å². The van der Waals surface area contributed by atoms with Crippen molar-refractivity contribution in [3.05, 3.63) is 54.0 Å². The quantitative estimate of drug-likeness (QED) is 0.886. The monoisotopic (exact) mass is 324 g/mol. The summed E-state index contributed by atoms with van der Waals surface area (Å²) >= 11 is 0. The number of hydrogen-bond donors (Lipinski definition) is 1. The van der Waals surface area contributed by atoms with Gasteiger partial charge in [-0.15, -0.1) is 0 Å². The number of carbonyl (C=O) groups excluding carboxylic acids is 1. The molecule has 0 unspecified atom stereocenters. The number of rotatable bonds is 6. The lowest BCUT2D eigenvalue weighted by Gasteiger charge is -2.21. The Bertz CT molecular complexity index is 651. The van der Waals surface area contributed by atoms with Crippen molar-refractivity contribution < 1.29 is 4.79 Å². The van der Waals surface area contributed by atoms with E-state index in [9.17, 15) is 4.79 Å². The average molecular weight is 324 g/mol. The molecule has 1 amide bonds. The Kier molecular flexibility index (Phi) is 5.41. The van der Waals surface area contributed by atoms with Crippen LogP contribution in [0.5, 0.6) is 0 Å². The summed E-state index contributed by atoms with van der Waals surface area (Å²) in [7, 11) is 0. The Hall–Kier alpha value is -2.43. The van der Waals surface area contributed by atoms with E-state index in [-0.39, 0.29) is 5.91 Å². The number of hydrogen-bond acceptors (Lipinski definition) is 4. The fraction of sp³-hybridized carbons (Fsp3) is 0.421. The number of carbonyl (C=O) groups is 1. The van der Waals surface area contributed by atoms with Crippen LogP contribution < -0.4 is 10.2 Å². The van der Waals surface area contributed by atoms with Crippen LogP contribution in [0.4, 0.5) is 5.82 Å². The highest BCUT2D eigenvalue weighted by atomic mass is 16.1. The van der Waals surface area contributed by atoms with E-state index in [1.54, 1.807) is 12.4 Å². The van der Waals surface area contributed by atoms with Gasteiger partial charge in [-0.25, -0.2) is 9.97 Å². The predicted octanol–water partition coefficient (Wildman–Crippen LogP) is 3.18. The molecule has 1 aromatic heterocycles. The van der Waals surface area contributed by atoms with Crippen LogP contribution in [0, 0.1) is 0 Å². The molecule has 24 heavy (non-hydrogen) atoms. The summed E-state index contributed by atoms with van der Waals surface area (Å²) in [6.07, 6.45) is 7.79. The Morgan fingerprint density at radius 1 is 1.17 bits per heavy atom. The van der Waals surface area contributed by atoms with Crippen LogP contribution in [0.2, 0.25) is 0 Å². The molecule has 1 aliphatic carbocycles. The lowest BCUT2D eigenvalue weighted by atomic mass is 10.2. The molecule has 1 heterocycles. The van der Waals surface area contributed by atoms with Crippen molar-refractivity contribution in [3.63, 3.8) is 0 Å². The zero-order valence-electron chi connectivity index (χ0n) is 14.1. The normalized spacial score (nSPS) is 14.5. The maximum Gasteiger partial charge on any atom is 0.271 e. The summed E-state index contributed by atoms with van der Waals surface area (Å²) in [5.41, 5.74) is 1.62. The molecule has 0 saturated heterocycles. The number of aromatic nitrogens is 2. The average Bonchev–Trinajstić information content (AvgIpc) is 3.14. The molecule has 1 fully saturated rings. The minimum Gasteiger partial charge on any atom is -0.351 e. The van der Waals surface area contributed by atoms with Gasteiger partial charge in [0.2, 0.25) is 0 Å². The van der Waals surface area contributed by atoms with E-state index in [1.807, 2.05) is 18.2 Å². The number of amides is 1. The van der Waals surface area contributed by atoms with Crippen molar-refractivity contribution in [1.82, 2.24) is 15.3 Å². The van der Waals surface area contributed by atoms with Crippen LogP contribution in [-0.4, -0.2) is 28.5 Å². The third-order valence-corrected chi connectivity index (χ3v) is 4.48. The van der Waals surface area contributed by atoms with E-state index in [4.69, 9.17) is 0 Å². The minimum absolute atomic E-state index is 0.118. The summed E-state index contributed by atoms with van der Waals surface area (Å²) in [4.78, 5) is 23.1. The first-order valence-corrected chi connectivity index (χ1v) is 8.68. The molecule has 5 heteroatoms. The lowest BCUT2D eigenvalue weighted by Crippen LogP contribution is -2.33. The summed E-state index contributed by atoms with van der Waals surface area (Å²) in [5.74, 6) is 0.672. The zero-order chi connectivity index (χ0) is 16.8. The first-order valence-electron chi connectivity index (χ1n) is 8.68. The van der Waals surface area contributed by atoms with Crippen LogP contribution in [0.3, 0.4) is 0 Å². The lowest BCUT2D eigenvalue weighted by molar-refractivity contribution is 0.0932. The second kappa shape index (κ2) is 7.90. The van der Waals surface area contributed by atoms with Gasteiger partial charge < -0.3 is 10.2 Å². The highest BCUT2D eigenvalue weighted by Crippen LogP contribution is 2.18. The van der Waals surface area contributed by atoms with Crippen molar-refractivity contribution in [2.75, 3.05) is 11.4 Å². The molecule has 0 bridgehead atoms. The van der Waals surface area contributed by atoms with Gasteiger partial charge >= 0.3 is 0 Å². The summed E-state index contributed by atoms with van der Waals surface area (Å²) in [5, 5.41) is 3.04. The number of anilines is 1. The molecular weight excluding hydrogens is 300 g/mol. The standard InChI is InChI=1S/C19H24N4O/c1-2-23(14-15-8-4-3-5-9-15)18-13-20-17(12-21-18)19(24)22-16-10-6-7-11-16/h3-5,8-9,12-13,16H,2,6-7,10-11,14H2,1H3,(H,22,24). The topological polar surface area (TPSA) is 58.1 Å². The smallest absolute Gasteiger partial charge is 0.271 e. The van der Waals surface area contributed by atoms with Crippen molar-refractivity contribution in [3.8, 4) is 0 Å². The van der Waals surface area contributed by atoms with Crippen LogP contribution >= 0.6 is 0 Å². The second-order valence-electron chi connectivity index (χ2n) is 6.21. The van der Waals surface area contributed by atoms with Gasteiger partial charge in [-0.05, 0) is 25.3 Å². The molecule has 0 spiro atoms. The Balaban J connectivity index is 1.64. The molecular formula is C19H24N4O. The van der Waals surface area contributed by atoms with Gasteiger partial charge in [-0.2, -0.15) is 0 Å². The summed E-state index contributed by atoms with van der Waals surface area (Å²) < 4.78 is 0. The molecule has 126 valence electrons. The first kappa shape index (κ1) is 16.4. The molecule has 1 aromatic carbocycles. The SMILES string of the molecule is CCN(Cc1ccccc1)c1cnc(C(=O)NC2CCCC2)cn1. The van der Waals surface area contributed by atoms with Crippen molar-refractivity contribution in [2.45, 2.75) is 45.2 Å². The molecule has 1 saturated carbocycles. The van der Waals surface area contributed by atoms with E-state index in [1.165, 1.54) is 18.4 Å². The van der Waals surface area contributed by atoms with Crippen molar-refractivity contribution >= 4 is 11.7 Å². The van der Waals surface area contributed by atoms with Gasteiger partial charge in [0.25, 0.3) is 5.91 Å². The van der Waals surface area contributed by atoms with Crippen LogP contribution in [0.15, 0.2) is 42.7 Å². The molecule has 5 nitrogen and oxygen atoms in total. The maximum atomic E-state index is 12.2. The molecule has 0 radical (unpaired) electrons. The van der Waals surface area contributed by atoms with Gasteiger partial charge in [-0.3, -0.25) is 4.79 Å². The highest BCUT2D eigenvalue weighted by Gasteiger charge is 2.19. The highest BCUT2D eigenvalue weighted by molar-refractivity contribution is 5.92. The van der Waals surface area contributed by atoms with Crippen molar-refractivity contribution in [2.24, 2.45) is 0 Å². The fourth-order valence-corrected chi connectivity index (χ4v) is 3.09. The first-order chi connectivity index (χ1) is 11.8. The molecule has 2 aromatic rings. The van der Waals surface area contributed by atoms with Crippen molar-refractivity contribution in [1.29, 1.82) is 0 Å². The van der Waals surface area contributed by atoms with E-state index in [0.717, 1.165) is 31.7 Å². The van der Waals surface area contributed by atoms with Crippen LogP contribution in [0.25, 0.3) is 0 Å². The molecule has 3 rings (SSSR count). The number of benzene rings is 1. The second-order valence-corrected chi connectivity index (χ2v) is 6.21. The maximum absolute atomic E-state index is 12.2. The van der Waals surface area contributed by atoms with Gasteiger partial charge in [-0.1, -0.05) is 43.2 Å².